The minimum Gasteiger partial charge on any atom is -0.390 e. The van der Waals surface area contributed by atoms with Crippen molar-refractivity contribution in [2.24, 2.45) is 59.2 Å². The van der Waals surface area contributed by atoms with Gasteiger partial charge >= 0.3 is 0 Å². The number of likely N-dealkylation sites (N-methyl/N-ethyl adjacent to an activating group) is 7. The van der Waals surface area contributed by atoms with Crippen LogP contribution in [0.15, 0.2) is 30.3 Å². The Bertz CT molecular complexity index is 2890. The highest BCUT2D eigenvalue weighted by Gasteiger charge is 2.46. The molecule has 1 aliphatic heterocycles. The van der Waals surface area contributed by atoms with Gasteiger partial charge in [-0.1, -0.05) is 135 Å². The van der Waals surface area contributed by atoms with Crippen molar-refractivity contribution >= 4 is 76.6 Å². The molecule has 0 aromatic heterocycles. The molecule has 0 spiro atoms. The van der Waals surface area contributed by atoms with E-state index in [0.717, 1.165) is 16.9 Å². The second-order valence-corrected chi connectivity index (χ2v) is 30.4. The molecule has 99 heavy (non-hydrogen) atoms. The number of allylic oxidation sites excluding steroid dienone is 1. The van der Waals surface area contributed by atoms with E-state index in [-0.39, 0.29) is 80.9 Å². The van der Waals surface area contributed by atoms with Crippen molar-refractivity contribution in [1.29, 1.82) is 0 Å². The van der Waals surface area contributed by atoms with Crippen molar-refractivity contribution in [3.63, 3.8) is 0 Å². The number of carbonyl (C=O) groups excluding carboxylic acids is 12. The first-order valence-electron chi connectivity index (χ1n) is 36.1. The molecule has 2 rings (SSSR count). The quantitative estimate of drug-likeness (QED) is 0.0933. The summed E-state index contributed by atoms with van der Waals surface area (Å²) in [4.78, 5) is 185. The number of nitrogens with zero attached hydrogens (tertiary/aromatic N) is 7. The van der Waals surface area contributed by atoms with Crippen molar-refractivity contribution in [3.8, 4) is 0 Å². The molecule has 0 aliphatic carbocycles. The van der Waals surface area contributed by atoms with Gasteiger partial charge in [-0.3, -0.25) is 57.5 Å². The number of amides is 9. The maximum Gasteiger partial charge on any atom is 0.251 e. The lowest BCUT2D eigenvalue weighted by Gasteiger charge is -2.41. The highest BCUT2D eigenvalue weighted by molar-refractivity contribution is 6.00. The average molecular weight is 1390 g/mol. The predicted molar refractivity (Wildman–Crippen MR) is 386 cm³/mol. The Hall–Kier alpha value is -6.88. The monoisotopic (exact) mass is 1390 g/mol. The number of carbonyl (C=O) groups is 12. The molecule has 3 N–H and O–H groups in total. The molecule has 9 amide bonds. The largest absolute Gasteiger partial charge is 0.390 e. The molecule has 1 aliphatic rings. The van der Waals surface area contributed by atoms with Gasteiger partial charge in [-0.25, -0.2) is 0 Å². The number of hydrogen-bond donors (Lipinski definition) is 3. The van der Waals surface area contributed by atoms with E-state index in [1.54, 1.807) is 84.9 Å². The van der Waals surface area contributed by atoms with Gasteiger partial charge in [0.05, 0.1) is 31.3 Å². The van der Waals surface area contributed by atoms with Crippen LogP contribution in [0.1, 0.15) is 198 Å². The number of benzene rings is 1. The SMILES string of the molecule is CCCOCCNC(=O)c1ccc(/C=C/C[C@@H](C)[C@@H](O)[C@H]2C(=O)C[C@@H](CC)C(=O)N(C)CC(=O)N(C)[C@@H](CC(C)C)C(=O)CC(C(C)C)C(=O)N(C)[C@@H](CC(C)C)C(=O)CC(C)C(=O)N[C@H](C)C(=O)N(C)[C@@H](CC(C)C)C(=O)N(C)C(CC(C)C)C(=O)N(C)[C@@H](C(C)C)C(=O)N2C)cc1. The summed E-state index contributed by atoms with van der Waals surface area (Å²) in [5.74, 6) is -11.7. The van der Waals surface area contributed by atoms with Crippen LogP contribution in [-0.4, -0.2) is 234 Å². The molecule has 1 heterocycles. The molecule has 12 atom stereocenters. The van der Waals surface area contributed by atoms with Gasteiger partial charge in [0.25, 0.3) is 5.91 Å². The summed E-state index contributed by atoms with van der Waals surface area (Å²) < 4.78 is 5.47. The fourth-order valence-electron chi connectivity index (χ4n) is 12.9. The predicted octanol–water partition coefficient (Wildman–Crippen LogP) is 7.83. The minimum atomic E-state index is -1.59. The van der Waals surface area contributed by atoms with Crippen LogP contribution in [0.2, 0.25) is 0 Å². The molecule has 23 heteroatoms. The number of hydrogen-bond acceptors (Lipinski definition) is 14. The van der Waals surface area contributed by atoms with Crippen LogP contribution >= 0.6 is 0 Å². The van der Waals surface area contributed by atoms with E-state index in [1.165, 1.54) is 85.7 Å². The molecule has 3 unspecified atom stereocenters. The zero-order valence-corrected chi connectivity index (χ0v) is 64.6. The summed E-state index contributed by atoms with van der Waals surface area (Å²) in [6.45, 7) is 31.5. The van der Waals surface area contributed by atoms with Crippen molar-refractivity contribution in [2.45, 2.75) is 230 Å². The van der Waals surface area contributed by atoms with Crippen LogP contribution in [0.25, 0.3) is 6.08 Å². The molecule has 1 fully saturated rings. The Morgan fingerprint density at radius 1 is 0.556 bits per heavy atom. The van der Waals surface area contributed by atoms with E-state index >= 15 is 19.2 Å². The van der Waals surface area contributed by atoms with Gasteiger partial charge in [0.15, 0.2) is 17.3 Å². The van der Waals surface area contributed by atoms with Crippen LogP contribution in [-0.2, 0) is 57.5 Å². The lowest BCUT2D eigenvalue weighted by Crippen LogP contribution is -2.61. The number of aliphatic hydroxyl groups is 1. The van der Waals surface area contributed by atoms with Gasteiger partial charge in [0.2, 0.25) is 47.3 Å². The molecule has 560 valence electrons. The van der Waals surface area contributed by atoms with E-state index in [0.29, 0.717) is 25.3 Å². The van der Waals surface area contributed by atoms with Crippen LogP contribution < -0.4 is 10.6 Å². The lowest BCUT2D eigenvalue weighted by atomic mass is 9.84. The fraction of sp³-hybridized carbons (Fsp3) is 0.737. The summed E-state index contributed by atoms with van der Waals surface area (Å²) >= 11 is 0. The van der Waals surface area contributed by atoms with E-state index in [2.05, 4.69) is 10.6 Å². The maximum absolute atomic E-state index is 15.5. The molecule has 0 saturated carbocycles. The molecule has 1 saturated heterocycles. The Balaban J connectivity index is 2.96. The van der Waals surface area contributed by atoms with E-state index < -0.39 is 161 Å². The summed E-state index contributed by atoms with van der Waals surface area (Å²) in [6, 6.07) is -1.48. The fourth-order valence-corrected chi connectivity index (χ4v) is 12.9. The van der Waals surface area contributed by atoms with Crippen molar-refractivity contribution in [1.82, 2.24) is 44.9 Å². The third-order valence-electron chi connectivity index (χ3n) is 19.2. The maximum atomic E-state index is 15.5. The highest BCUT2D eigenvalue weighted by Crippen LogP contribution is 2.30. The molecule has 1 aromatic carbocycles. The van der Waals surface area contributed by atoms with Crippen LogP contribution in [0, 0.1) is 59.2 Å². The van der Waals surface area contributed by atoms with Crippen molar-refractivity contribution in [2.75, 3.05) is 75.6 Å². The molecular formula is C76H127N9O14. The number of nitrogens with one attached hydrogen (secondary N) is 2. The molecule has 0 bridgehead atoms. The van der Waals surface area contributed by atoms with Gasteiger partial charge in [-0.05, 0) is 111 Å². The van der Waals surface area contributed by atoms with Gasteiger partial charge in [0, 0.05) is 105 Å². The Kier molecular flexibility index (Phi) is 37.2. The van der Waals surface area contributed by atoms with Gasteiger partial charge < -0.3 is 54.8 Å². The third kappa shape index (κ3) is 26.2. The average Bonchev–Trinajstić information content (AvgIpc) is 0.804. The molecular weight excluding hydrogens is 1260 g/mol. The van der Waals surface area contributed by atoms with Crippen LogP contribution in [0.5, 0.6) is 0 Å². The second kappa shape index (κ2) is 41.8. The van der Waals surface area contributed by atoms with Crippen molar-refractivity contribution < 1.29 is 67.4 Å². The Morgan fingerprint density at radius 3 is 1.53 bits per heavy atom. The zero-order chi connectivity index (χ0) is 75.8. The van der Waals surface area contributed by atoms with Gasteiger partial charge in [-0.15, -0.1) is 0 Å². The normalized spacial score (nSPS) is 24.9. The zero-order valence-electron chi connectivity index (χ0n) is 64.6. The molecule has 23 nitrogen and oxygen atoms in total. The highest BCUT2D eigenvalue weighted by atomic mass is 16.5. The summed E-state index contributed by atoms with van der Waals surface area (Å²) in [5, 5.41) is 18.2. The summed E-state index contributed by atoms with van der Waals surface area (Å²) in [6.07, 6.45) is 2.93. The second-order valence-electron chi connectivity index (χ2n) is 30.4. The number of ether oxygens (including phenoxy) is 1. The van der Waals surface area contributed by atoms with Gasteiger partial charge in [-0.2, -0.15) is 0 Å². The topological polar surface area (TPSA) is 281 Å². The first-order chi connectivity index (χ1) is 46.1. The Labute approximate surface area is 593 Å². The standard InChI is InChI=1S/C76H127N9O14/c1-25-35-99-36-34-77-70(92)56-32-30-54(31-33-56)29-27-28-51(15)68(90)67-64(88)42-55(26-2)72(94)79(18)44-65(89)80(19)58(37-45(3)4)63(87)43-57(49(11)12)73(95)81(20)59(38-46(5)6)62(86)41-52(16)69(91)78-53(17)71(93)82(21)60(39-47(7)8)74(96)83(22)61(40-48(9)10)75(97)84(23)66(50(13)14)76(98)85(67)24/h27,29-33,45-53,55,57-61,66-68,90H,25-26,28,34-44H2,1-24H3,(H,77,92)(H,78,91)/b29-27+/t51-,52?,53-,55-,57?,58+,59+,60+,61?,66+,67-,68-/m1/s1. The van der Waals surface area contributed by atoms with E-state index in [1.807, 2.05) is 62.3 Å². The number of rotatable bonds is 22. The summed E-state index contributed by atoms with van der Waals surface area (Å²) in [7, 11) is 10.2. The summed E-state index contributed by atoms with van der Waals surface area (Å²) in [5.41, 5.74) is 1.20. The third-order valence-corrected chi connectivity index (χ3v) is 19.2. The lowest BCUT2D eigenvalue weighted by molar-refractivity contribution is -0.157. The van der Waals surface area contributed by atoms with Crippen LogP contribution in [0.4, 0.5) is 0 Å². The minimum absolute atomic E-state index is 0.0806. The first kappa shape index (κ1) is 88.2. The van der Waals surface area contributed by atoms with Crippen LogP contribution in [0.3, 0.4) is 0 Å². The molecule has 0 radical (unpaired) electrons. The smallest absolute Gasteiger partial charge is 0.251 e. The number of ketones is 3. The number of aliphatic hydroxyl groups excluding tert-OH is 1. The Morgan fingerprint density at radius 2 is 1.03 bits per heavy atom. The van der Waals surface area contributed by atoms with E-state index in [4.69, 9.17) is 4.74 Å². The van der Waals surface area contributed by atoms with E-state index in [9.17, 15) is 43.5 Å². The number of Topliss-reactive ketones (excluding diaryl/α,β-unsaturated/α-hetero) is 3. The van der Waals surface area contributed by atoms with Crippen molar-refractivity contribution in [3.05, 3.63) is 41.5 Å². The molecule has 1 aromatic rings. The first-order valence-corrected chi connectivity index (χ1v) is 36.1. The van der Waals surface area contributed by atoms with Gasteiger partial charge in [0.1, 0.15) is 30.2 Å².